The molecule has 0 saturated heterocycles. The maximum atomic E-state index is 9.92. The lowest BCUT2D eigenvalue weighted by Crippen LogP contribution is -1.96. The van der Waals surface area contributed by atoms with Gasteiger partial charge in [0, 0.05) is 6.20 Å². The molecule has 1 rings (SSSR count). The van der Waals surface area contributed by atoms with E-state index in [4.69, 9.17) is 11.6 Å². The Morgan fingerprint density at radius 1 is 1.70 bits per heavy atom. The summed E-state index contributed by atoms with van der Waals surface area (Å²) in [5.41, 5.74) is 0. The van der Waals surface area contributed by atoms with Crippen molar-refractivity contribution in [3.8, 4) is 0 Å². The minimum absolute atomic E-state index is 0.388. The maximum Gasteiger partial charge on any atom is 0.212 e. The molecule has 4 heteroatoms. The SMILES string of the molecule is O=CNc1ncccc1Cl. The van der Waals surface area contributed by atoms with Crippen LogP contribution in [0.4, 0.5) is 5.82 Å². The molecule has 0 aliphatic carbocycles. The third-order valence-electron chi connectivity index (χ3n) is 0.954. The highest BCUT2D eigenvalue weighted by Gasteiger charge is 1.95. The van der Waals surface area contributed by atoms with E-state index in [2.05, 4.69) is 10.3 Å². The van der Waals surface area contributed by atoms with Gasteiger partial charge in [0.05, 0.1) is 5.02 Å². The van der Waals surface area contributed by atoms with Crippen LogP contribution in [0.5, 0.6) is 0 Å². The van der Waals surface area contributed by atoms with Crippen molar-refractivity contribution >= 4 is 23.8 Å². The number of hydrogen-bond donors (Lipinski definition) is 1. The van der Waals surface area contributed by atoms with E-state index in [0.29, 0.717) is 17.3 Å². The monoisotopic (exact) mass is 156 g/mol. The summed E-state index contributed by atoms with van der Waals surface area (Å²) < 4.78 is 0. The molecule has 1 aromatic heterocycles. The highest BCUT2D eigenvalue weighted by Crippen LogP contribution is 2.15. The van der Waals surface area contributed by atoms with Crippen molar-refractivity contribution in [1.82, 2.24) is 4.98 Å². The quantitative estimate of drug-likeness (QED) is 0.656. The lowest BCUT2D eigenvalue weighted by molar-refractivity contribution is -0.105. The molecule has 52 valence electrons. The van der Waals surface area contributed by atoms with Gasteiger partial charge >= 0.3 is 0 Å². The predicted octanol–water partition coefficient (Wildman–Crippen LogP) is 1.30. The standard InChI is InChI=1S/C6H5ClN2O/c7-5-2-1-3-8-6(5)9-4-10/h1-4H,(H,8,9,10). The number of pyridine rings is 1. The van der Waals surface area contributed by atoms with E-state index in [0.717, 1.165) is 0 Å². The van der Waals surface area contributed by atoms with Crippen LogP contribution in [-0.4, -0.2) is 11.4 Å². The lowest BCUT2D eigenvalue weighted by atomic mass is 10.5. The van der Waals surface area contributed by atoms with Crippen molar-refractivity contribution in [3.05, 3.63) is 23.4 Å². The Labute approximate surface area is 63.0 Å². The van der Waals surface area contributed by atoms with Crippen molar-refractivity contribution in [1.29, 1.82) is 0 Å². The number of nitrogens with zero attached hydrogens (tertiary/aromatic N) is 1. The molecule has 10 heavy (non-hydrogen) atoms. The van der Waals surface area contributed by atoms with Gasteiger partial charge < -0.3 is 5.32 Å². The third kappa shape index (κ3) is 1.45. The maximum absolute atomic E-state index is 9.92. The molecule has 0 saturated carbocycles. The Morgan fingerprint density at radius 2 is 2.50 bits per heavy atom. The van der Waals surface area contributed by atoms with Gasteiger partial charge in [0.2, 0.25) is 6.41 Å². The van der Waals surface area contributed by atoms with Crippen LogP contribution in [0.3, 0.4) is 0 Å². The molecule has 1 aromatic rings. The highest BCUT2D eigenvalue weighted by atomic mass is 35.5. The van der Waals surface area contributed by atoms with E-state index in [1.54, 1.807) is 18.3 Å². The Balaban J connectivity index is 2.91. The summed E-state index contributed by atoms with van der Waals surface area (Å²) in [6.07, 6.45) is 2.09. The summed E-state index contributed by atoms with van der Waals surface area (Å²) in [5.74, 6) is 0.388. The fraction of sp³-hybridized carbons (Fsp3) is 0. The Bertz CT molecular complexity index is 239. The number of carbonyl (C=O) groups excluding carboxylic acids is 1. The first-order chi connectivity index (χ1) is 4.84. The second kappa shape index (κ2) is 3.17. The van der Waals surface area contributed by atoms with E-state index in [-0.39, 0.29) is 0 Å². The summed E-state index contributed by atoms with van der Waals surface area (Å²) in [6, 6.07) is 3.35. The zero-order chi connectivity index (χ0) is 7.40. The van der Waals surface area contributed by atoms with E-state index in [1.807, 2.05) is 0 Å². The molecule has 0 aromatic carbocycles. The minimum Gasteiger partial charge on any atom is -0.312 e. The van der Waals surface area contributed by atoms with Crippen LogP contribution in [0.2, 0.25) is 5.02 Å². The van der Waals surface area contributed by atoms with Crippen LogP contribution in [0.15, 0.2) is 18.3 Å². The Morgan fingerprint density at radius 3 is 3.10 bits per heavy atom. The predicted molar refractivity (Wildman–Crippen MR) is 38.9 cm³/mol. The van der Waals surface area contributed by atoms with Gasteiger partial charge in [-0.25, -0.2) is 4.98 Å². The van der Waals surface area contributed by atoms with Gasteiger partial charge in [-0.2, -0.15) is 0 Å². The van der Waals surface area contributed by atoms with Gasteiger partial charge in [-0.05, 0) is 12.1 Å². The van der Waals surface area contributed by atoms with E-state index < -0.39 is 0 Å². The van der Waals surface area contributed by atoms with E-state index in [9.17, 15) is 4.79 Å². The molecule has 1 heterocycles. The molecule has 1 amide bonds. The summed E-state index contributed by atoms with van der Waals surface area (Å²) in [6.45, 7) is 0. The molecule has 0 spiro atoms. The molecule has 1 N–H and O–H groups in total. The van der Waals surface area contributed by atoms with Crippen molar-refractivity contribution in [2.24, 2.45) is 0 Å². The third-order valence-corrected chi connectivity index (χ3v) is 1.26. The number of hydrogen-bond acceptors (Lipinski definition) is 2. The van der Waals surface area contributed by atoms with Crippen LogP contribution < -0.4 is 5.32 Å². The second-order valence-electron chi connectivity index (χ2n) is 1.60. The normalized spacial score (nSPS) is 8.90. The number of aromatic nitrogens is 1. The molecule has 0 atom stereocenters. The van der Waals surface area contributed by atoms with Gasteiger partial charge in [0.1, 0.15) is 0 Å². The van der Waals surface area contributed by atoms with Crippen LogP contribution >= 0.6 is 11.6 Å². The van der Waals surface area contributed by atoms with Crippen LogP contribution in [0.25, 0.3) is 0 Å². The zero-order valence-electron chi connectivity index (χ0n) is 5.04. The largest absolute Gasteiger partial charge is 0.312 e. The Kier molecular flexibility index (Phi) is 2.23. The van der Waals surface area contributed by atoms with Crippen molar-refractivity contribution < 1.29 is 4.79 Å². The van der Waals surface area contributed by atoms with E-state index in [1.165, 1.54) is 0 Å². The lowest BCUT2D eigenvalue weighted by Gasteiger charge is -1.96. The zero-order valence-corrected chi connectivity index (χ0v) is 5.80. The van der Waals surface area contributed by atoms with Crippen LogP contribution in [0.1, 0.15) is 0 Å². The molecular formula is C6H5ClN2O. The summed E-state index contributed by atoms with van der Waals surface area (Å²) in [7, 11) is 0. The molecule has 0 aliphatic heterocycles. The fourth-order valence-electron chi connectivity index (χ4n) is 0.548. The highest BCUT2D eigenvalue weighted by molar-refractivity contribution is 6.33. The molecule has 0 aliphatic rings. The Hall–Kier alpha value is -1.09. The first kappa shape index (κ1) is 7.02. The van der Waals surface area contributed by atoms with Gasteiger partial charge in [-0.15, -0.1) is 0 Å². The smallest absolute Gasteiger partial charge is 0.212 e. The number of carbonyl (C=O) groups is 1. The minimum atomic E-state index is 0.388. The number of anilines is 1. The fourth-order valence-corrected chi connectivity index (χ4v) is 0.724. The average molecular weight is 157 g/mol. The number of nitrogens with one attached hydrogen (secondary N) is 1. The molecular weight excluding hydrogens is 152 g/mol. The molecule has 0 radical (unpaired) electrons. The van der Waals surface area contributed by atoms with E-state index >= 15 is 0 Å². The molecule has 0 fully saturated rings. The van der Waals surface area contributed by atoms with Gasteiger partial charge in [0.15, 0.2) is 5.82 Å². The van der Waals surface area contributed by atoms with Crippen molar-refractivity contribution in [3.63, 3.8) is 0 Å². The molecule has 0 bridgehead atoms. The van der Waals surface area contributed by atoms with Crippen molar-refractivity contribution in [2.45, 2.75) is 0 Å². The second-order valence-corrected chi connectivity index (χ2v) is 2.00. The number of rotatable bonds is 2. The summed E-state index contributed by atoms with van der Waals surface area (Å²) >= 11 is 5.62. The van der Waals surface area contributed by atoms with Crippen LogP contribution in [0, 0.1) is 0 Å². The summed E-state index contributed by atoms with van der Waals surface area (Å²) in [4.78, 5) is 13.7. The van der Waals surface area contributed by atoms with Crippen molar-refractivity contribution in [2.75, 3.05) is 5.32 Å². The first-order valence-electron chi connectivity index (χ1n) is 2.65. The van der Waals surface area contributed by atoms with Gasteiger partial charge in [-0.1, -0.05) is 11.6 Å². The summed E-state index contributed by atoms with van der Waals surface area (Å²) in [5, 5.41) is 2.79. The first-order valence-corrected chi connectivity index (χ1v) is 3.03. The van der Waals surface area contributed by atoms with Gasteiger partial charge in [-0.3, -0.25) is 4.79 Å². The topological polar surface area (TPSA) is 42.0 Å². The molecule has 3 nitrogen and oxygen atoms in total. The average Bonchev–Trinajstić information content (AvgIpc) is 1.94. The van der Waals surface area contributed by atoms with Gasteiger partial charge in [0.25, 0.3) is 0 Å². The number of amides is 1. The number of halogens is 1. The molecule has 0 unspecified atom stereocenters. The van der Waals surface area contributed by atoms with Crippen LogP contribution in [-0.2, 0) is 4.79 Å².